The molecule has 2 heterocycles. The van der Waals surface area contributed by atoms with Crippen molar-refractivity contribution in [3.8, 4) is 11.5 Å². The molecular weight excluding hydrogens is 406 g/mol. The van der Waals surface area contributed by atoms with Gasteiger partial charge in [-0.25, -0.2) is 0 Å². The molecule has 30 heavy (non-hydrogen) atoms. The van der Waals surface area contributed by atoms with Gasteiger partial charge in [0, 0.05) is 43.5 Å². The molecule has 2 aromatic rings. The van der Waals surface area contributed by atoms with Gasteiger partial charge in [-0.05, 0) is 30.3 Å². The molecule has 0 bridgehead atoms. The third kappa shape index (κ3) is 4.91. The van der Waals surface area contributed by atoms with E-state index >= 15 is 0 Å². The number of ether oxygens (including phenoxy) is 2. The van der Waals surface area contributed by atoms with Crippen LogP contribution in [0.15, 0.2) is 30.3 Å². The van der Waals surface area contributed by atoms with Gasteiger partial charge >= 0.3 is 0 Å². The number of hydrogen-bond donors (Lipinski definition) is 1. The number of nitrogens with zero attached hydrogens (tertiary/aromatic N) is 2. The van der Waals surface area contributed by atoms with Crippen molar-refractivity contribution in [2.24, 2.45) is 0 Å². The zero-order valence-corrected chi connectivity index (χ0v) is 18.1. The summed E-state index contributed by atoms with van der Waals surface area (Å²) < 4.78 is 10.5. The van der Waals surface area contributed by atoms with E-state index in [1.807, 2.05) is 6.07 Å². The molecule has 0 saturated carbocycles. The van der Waals surface area contributed by atoms with Gasteiger partial charge in [-0.15, -0.1) is 11.3 Å². The fraction of sp³-hybridized carbons (Fsp3) is 0.381. The van der Waals surface area contributed by atoms with Gasteiger partial charge in [0.05, 0.1) is 25.6 Å². The summed E-state index contributed by atoms with van der Waals surface area (Å²) in [4.78, 5) is 41.7. The zero-order valence-electron chi connectivity index (χ0n) is 17.3. The zero-order chi connectivity index (χ0) is 21.7. The second-order valence-electron chi connectivity index (χ2n) is 6.83. The number of nitrogens with one attached hydrogen (secondary N) is 1. The standard InChI is InChI=1S/C21H25N3O5S/c1-14(25)22-13-16-5-7-19(30-16)21(27)24-10-8-23(9-11-24)20(26)15-4-6-17(28-2)18(12-15)29-3/h4-7,12H,8-11,13H2,1-3H3,(H,22,25). The molecule has 160 valence electrons. The molecule has 0 spiro atoms. The van der Waals surface area contributed by atoms with Gasteiger partial charge in [-0.3, -0.25) is 14.4 Å². The van der Waals surface area contributed by atoms with Crippen molar-refractivity contribution in [1.82, 2.24) is 15.1 Å². The predicted octanol–water partition coefficient (Wildman–Crippen LogP) is 2.00. The van der Waals surface area contributed by atoms with Gasteiger partial charge in [-0.2, -0.15) is 0 Å². The molecule has 9 heteroatoms. The summed E-state index contributed by atoms with van der Waals surface area (Å²) in [6.07, 6.45) is 0. The Balaban J connectivity index is 1.58. The first-order chi connectivity index (χ1) is 14.4. The molecule has 1 fully saturated rings. The lowest BCUT2D eigenvalue weighted by molar-refractivity contribution is -0.119. The second kappa shape index (κ2) is 9.62. The summed E-state index contributed by atoms with van der Waals surface area (Å²) in [5.41, 5.74) is 0.522. The van der Waals surface area contributed by atoms with Crippen LogP contribution in [0.25, 0.3) is 0 Å². The van der Waals surface area contributed by atoms with Crippen molar-refractivity contribution < 1.29 is 23.9 Å². The first kappa shape index (κ1) is 21.6. The van der Waals surface area contributed by atoms with Crippen LogP contribution in [0.5, 0.6) is 11.5 Å². The molecule has 1 aromatic heterocycles. The highest BCUT2D eigenvalue weighted by Crippen LogP contribution is 2.28. The van der Waals surface area contributed by atoms with Crippen LogP contribution in [-0.4, -0.2) is 67.9 Å². The van der Waals surface area contributed by atoms with E-state index in [1.54, 1.807) is 41.2 Å². The first-order valence-electron chi connectivity index (χ1n) is 9.56. The number of carbonyl (C=O) groups is 3. The topological polar surface area (TPSA) is 88.2 Å². The lowest BCUT2D eigenvalue weighted by Crippen LogP contribution is -2.50. The molecule has 1 aromatic carbocycles. The molecule has 1 saturated heterocycles. The summed E-state index contributed by atoms with van der Waals surface area (Å²) in [5.74, 6) is 0.818. The van der Waals surface area contributed by atoms with Crippen LogP contribution in [0.4, 0.5) is 0 Å². The van der Waals surface area contributed by atoms with E-state index in [0.717, 1.165) is 4.88 Å². The molecular formula is C21H25N3O5S. The highest BCUT2D eigenvalue weighted by Gasteiger charge is 2.26. The number of methoxy groups -OCH3 is 2. The van der Waals surface area contributed by atoms with Crippen molar-refractivity contribution >= 4 is 29.1 Å². The third-order valence-corrected chi connectivity index (χ3v) is 5.94. The molecule has 3 rings (SSSR count). The average Bonchev–Trinajstić information content (AvgIpc) is 3.25. The Bertz CT molecular complexity index is 934. The Labute approximate surface area is 179 Å². The van der Waals surface area contributed by atoms with Crippen LogP contribution in [0, 0.1) is 0 Å². The van der Waals surface area contributed by atoms with Crippen LogP contribution < -0.4 is 14.8 Å². The minimum Gasteiger partial charge on any atom is -0.493 e. The van der Waals surface area contributed by atoms with Crippen molar-refractivity contribution in [2.75, 3.05) is 40.4 Å². The van der Waals surface area contributed by atoms with Crippen molar-refractivity contribution in [3.63, 3.8) is 0 Å². The third-order valence-electron chi connectivity index (χ3n) is 4.87. The normalized spacial score (nSPS) is 13.7. The molecule has 0 radical (unpaired) electrons. The molecule has 1 aliphatic heterocycles. The van der Waals surface area contributed by atoms with Crippen molar-refractivity contribution in [3.05, 3.63) is 45.6 Å². The maximum atomic E-state index is 12.8. The van der Waals surface area contributed by atoms with Crippen molar-refractivity contribution in [1.29, 1.82) is 0 Å². The van der Waals surface area contributed by atoms with Crippen LogP contribution in [-0.2, 0) is 11.3 Å². The van der Waals surface area contributed by atoms with Crippen LogP contribution >= 0.6 is 11.3 Å². The molecule has 0 aliphatic carbocycles. The van der Waals surface area contributed by atoms with Gasteiger partial charge in [0.25, 0.3) is 11.8 Å². The molecule has 0 unspecified atom stereocenters. The maximum Gasteiger partial charge on any atom is 0.264 e. The number of thiophene rings is 1. The summed E-state index contributed by atoms with van der Waals surface area (Å²) >= 11 is 1.38. The smallest absolute Gasteiger partial charge is 0.264 e. The van der Waals surface area contributed by atoms with E-state index in [1.165, 1.54) is 25.4 Å². The Morgan fingerprint density at radius 2 is 1.57 bits per heavy atom. The van der Waals surface area contributed by atoms with E-state index in [9.17, 15) is 14.4 Å². The Hall–Kier alpha value is -3.07. The van der Waals surface area contributed by atoms with Gasteiger partial charge < -0.3 is 24.6 Å². The van der Waals surface area contributed by atoms with E-state index in [2.05, 4.69) is 5.32 Å². The van der Waals surface area contributed by atoms with Gasteiger partial charge in [0.1, 0.15) is 0 Å². The number of amides is 3. The highest BCUT2D eigenvalue weighted by atomic mass is 32.1. The fourth-order valence-electron chi connectivity index (χ4n) is 3.22. The Kier molecular flexibility index (Phi) is 6.94. The minimum absolute atomic E-state index is 0.0488. The molecule has 0 atom stereocenters. The molecule has 1 N–H and O–H groups in total. The Morgan fingerprint density at radius 1 is 0.933 bits per heavy atom. The van der Waals surface area contributed by atoms with Crippen LogP contribution in [0.1, 0.15) is 31.8 Å². The lowest BCUT2D eigenvalue weighted by Gasteiger charge is -2.34. The van der Waals surface area contributed by atoms with E-state index < -0.39 is 0 Å². The van der Waals surface area contributed by atoms with E-state index in [4.69, 9.17) is 9.47 Å². The van der Waals surface area contributed by atoms with Gasteiger partial charge in [-0.1, -0.05) is 0 Å². The molecule has 8 nitrogen and oxygen atoms in total. The number of hydrogen-bond acceptors (Lipinski definition) is 6. The molecule has 3 amide bonds. The number of piperazine rings is 1. The van der Waals surface area contributed by atoms with Crippen molar-refractivity contribution in [2.45, 2.75) is 13.5 Å². The van der Waals surface area contributed by atoms with Gasteiger partial charge in [0.2, 0.25) is 5.91 Å². The van der Waals surface area contributed by atoms with Crippen LogP contribution in [0.2, 0.25) is 0 Å². The quantitative estimate of drug-likeness (QED) is 0.756. The largest absolute Gasteiger partial charge is 0.493 e. The van der Waals surface area contributed by atoms with Gasteiger partial charge in [0.15, 0.2) is 11.5 Å². The second-order valence-corrected chi connectivity index (χ2v) is 8.00. The van der Waals surface area contributed by atoms with E-state index in [-0.39, 0.29) is 17.7 Å². The average molecular weight is 432 g/mol. The maximum absolute atomic E-state index is 12.8. The summed E-state index contributed by atoms with van der Waals surface area (Å²) in [7, 11) is 3.08. The summed E-state index contributed by atoms with van der Waals surface area (Å²) in [5, 5.41) is 2.73. The summed E-state index contributed by atoms with van der Waals surface area (Å²) in [6.45, 7) is 3.74. The Morgan fingerprint density at radius 3 is 2.17 bits per heavy atom. The highest BCUT2D eigenvalue weighted by molar-refractivity contribution is 7.14. The lowest BCUT2D eigenvalue weighted by atomic mass is 10.1. The predicted molar refractivity (Wildman–Crippen MR) is 113 cm³/mol. The fourth-order valence-corrected chi connectivity index (χ4v) is 4.14. The monoisotopic (exact) mass is 431 g/mol. The first-order valence-corrected chi connectivity index (χ1v) is 10.4. The molecule has 1 aliphatic rings. The number of carbonyl (C=O) groups excluding carboxylic acids is 3. The number of benzene rings is 1. The summed E-state index contributed by atoms with van der Waals surface area (Å²) in [6, 6.07) is 8.72. The van der Waals surface area contributed by atoms with Crippen LogP contribution in [0.3, 0.4) is 0 Å². The van der Waals surface area contributed by atoms with E-state index in [0.29, 0.717) is 54.7 Å². The minimum atomic E-state index is -0.105. The SMILES string of the molecule is COc1ccc(C(=O)N2CCN(C(=O)c3ccc(CNC(C)=O)s3)CC2)cc1OC. The number of rotatable bonds is 6.